The molecule has 58 valence electrons. The van der Waals surface area contributed by atoms with E-state index in [9.17, 15) is 4.79 Å². The highest BCUT2D eigenvalue weighted by atomic mass is 16.1. The van der Waals surface area contributed by atoms with E-state index in [0.29, 0.717) is 12.3 Å². The van der Waals surface area contributed by atoms with Gasteiger partial charge in [0.25, 0.3) is 0 Å². The second-order valence-corrected chi connectivity index (χ2v) is 2.72. The third-order valence-electron chi connectivity index (χ3n) is 1.94. The number of amides is 1. The Kier molecular flexibility index (Phi) is 1.38. The standard InChI is InChI=1S/C7H9N3O/c11-7-3-5(4-8-7)6-1-2-9-10-6/h1-2,5H,3-4H2,(H,8,11)(H,9,10). The van der Waals surface area contributed by atoms with E-state index in [0.717, 1.165) is 12.2 Å². The van der Waals surface area contributed by atoms with Crippen LogP contribution in [0.15, 0.2) is 12.3 Å². The van der Waals surface area contributed by atoms with Crippen LogP contribution in [0.5, 0.6) is 0 Å². The monoisotopic (exact) mass is 151 g/mol. The zero-order valence-corrected chi connectivity index (χ0v) is 6.00. The maximum atomic E-state index is 10.8. The fourth-order valence-electron chi connectivity index (χ4n) is 1.32. The zero-order valence-electron chi connectivity index (χ0n) is 6.00. The van der Waals surface area contributed by atoms with Gasteiger partial charge in [-0.3, -0.25) is 9.89 Å². The van der Waals surface area contributed by atoms with Gasteiger partial charge in [-0.15, -0.1) is 0 Å². The molecular formula is C7H9N3O. The quantitative estimate of drug-likeness (QED) is 0.594. The molecule has 1 aliphatic rings. The molecule has 1 aromatic heterocycles. The Balaban J connectivity index is 2.13. The Labute approximate surface area is 64.0 Å². The van der Waals surface area contributed by atoms with Crippen LogP contribution in [-0.4, -0.2) is 22.6 Å². The lowest BCUT2D eigenvalue weighted by Gasteiger charge is -2.00. The van der Waals surface area contributed by atoms with Crippen molar-refractivity contribution >= 4 is 5.91 Å². The maximum Gasteiger partial charge on any atom is 0.220 e. The topological polar surface area (TPSA) is 57.8 Å². The molecule has 1 atom stereocenters. The Morgan fingerprint density at radius 2 is 2.55 bits per heavy atom. The first-order valence-corrected chi connectivity index (χ1v) is 3.62. The highest BCUT2D eigenvalue weighted by molar-refractivity contribution is 5.79. The molecule has 1 aromatic rings. The molecule has 0 bridgehead atoms. The summed E-state index contributed by atoms with van der Waals surface area (Å²) < 4.78 is 0. The first kappa shape index (κ1) is 6.39. The molecule has 0 saturated carbocycles. The third kappa shape index (κ3) is 1.11. The van der Waals surface area contributed by atoms with Crippen LogP contribution in [0.4, 0.5) is 0 Å². The maximum absolute atomic E-state index is 10.8. The van der Waals surface area contributed by atoms with Crippen molar-refractivity contribution in [2.24, 2.45) is 0 Å². The van der Waals surface area contributed by atoms with Gasteiger partial charge < -0.3 is 5.32 Å². The van der Waals surface area contributed by atoms with Crippen LogP contribution in [0.25, 0.3) is 0 Å². The Bertz CT molecular complexity index is 255. The summed E-state index contributed by atoms with van der Waals surface area (Å²) in [6.45, 7) is 0.737. The summed E-state index contributed by atoms with van der Waals surface area (Å²) in [4.78, 5) is 10.8. The van der Waals surface area contributed by atoms with Crippen LogP contribution in [0, 0.1) is 0 Å². The lowest BCUT2D eigenvalue weighted by molar-refractivity contribution is -0.119. The molecule has 0 radical (unpaired) electrons. The molecule has 1 aliphatic heterocycles. The number of carbonyl (C=O) groups is 1. The van der Waals surface area contributed by atoms with Crippen molar-refractivity contribution in [3.05, 3.63) is 18.0 Å². The first-order valence-electron chi connectivity index (χ1n) is 3.62. The van der Waals surface area contributed by atoms with Gasteiger partial charge in [-0.05, 0) is 6.07 Å². The molecule has 1 amide bonds. The molecule has 0 spiro atoms. The van der Waals surface area contributed by atoms with Crippen molar-refractivity contribution in [1.82, 2.24) is 15.5 Å². The molecule has 1 fully saturated rings. The molecule has 1 unspecified atom stereocenters. The van der Waals surface area contributed by atoms with E-state index in [1.165, 1.54) is 0 Å². The molecule has 11 heavy (non-hydrogen) atoms. The minimum Gasteiger partial charge on any atom is -0.355 e. The van der Waals surface area contributed by atoms with Crippen molar-refractivity contribution in [2.45, 2.75) is 12.3 Å². The van der Waals surface area contributed by atoms with Crippen molar-refractivity contribution in [1.29, 1.82) is 0 Å². The van der Waals surface area contributed by atoms with Crippen molar-refractivity contribution in [2.75, 3.05) is 6.54 Å². The lowest BCUT2D eigenvalue weighted by atomic mass is 10.1. The summed E-state index contributed by atoms with van der Waals surface area (Å²) >= 11 is 0. The number of hydrogen-bond donors (Lipinski definition) is 2. The van der Waals surface area contributed by atoms with E-state index >= 15 is 0 Å². The van der Waals surface area contributed by atoms with E-state index in [1.807, 2.05) is 6.07 Å². The largest absolute Gasteiger partial charge is 0.355 e. The highest BCUT2D eigenvalue weighted by Gasteiger charge is 2.23. The summed E-state index contributed by atoms with van der Waals surface area (Å²) in [5.41, 5.74) is 1.04. The molecule has 2 rings (SSSR count). The SMILES string of the molecule is O=C1CC(c2ccn[nH]2)CN1. The van der Waals surface area contributed by atoms with Gasteiger partial charge in [0.15, 0.2) is 0 Å². The van der Waals surface area contributed by atoms with Crippen molar-refractivity contribution in [3.63, 3.8) is 0 Å². The van der Waals surface area contributed by atoms with E-state index in [4.69, 9.17) is 0 Å². The smallest absolute Gasteiger partial charge is 0.220 e. The Morgan fingerprint density at radius 3 is 3.09 bits per heavy atom. The van der Waals surface area contributed by atoms with Crippen LogP contribution in [0.3, 0.4) is 0 Å². The van der Waals surface area contributed by atoms with Gasteiger partial charge in [-0.25, -0.2) is 0 Å². The summed E-state index contributed by atoms with van der Waals surface area (Å²) in [5, 5.41) is 9.46. The third-order valence-corrected chi connectivity index (χ3v) is 1.94. The van der Waals surface area contributed by atoms with Gasteiger partial charge >= 0.3 is 0 Å². The minimum absolute atomic E-state index is 0.129. The van der Waals surface area contributed by atoms with Crippen LogP contribution >= 0.6 is 0 Å². The highest BCUT2D eigenvalue weighted by Crippen LogP contribution is 2.19. The molecule has 0 aromatic carbocycles. The van der Waals surface area contributed by atoms with E-state index in [1.54, 1.807) is 6.20 Å². The molecule has 1 saturated heterocycles. The van der Waals surface area contributed by atoms with Gasteiger partial charge in [-0.2, -0.15) is 5.10 Å². The predicted octanol–water partition coefficient (Wildman–Crippen LogP) is 0.0132. The van der Waals surface area contributed by atoms with E-state index in [-0.39, 0.29) is 5.91 Å². The summed E-state index contributed by atoms with van der Waals surface area (Å²) in [5.74, 6) is 0.426. The number of carbonyl (C=O) groups excluding carboxylic acids is 1. The number of hydrogen-bond acceptors (Lipinski definition) is 2. The molecule has 2 heterocycles. The lowest BCUT2D eigenvalue weighted by Crippen LogP contribution is -2.13. The summed E-state index contributed by atoms with van der Waals surface area (Å²) in [7, 11) is 0. The Morgan fingerprint density at radius 1 is 1.64 bits per heavy atom. The predicted molar refractivity (Wildman–Crippen MR) is 39.0 cm³/mol. The number of nitrogens with one attached hydrogen (secondary N) is 2. The number of nitrogens with zero attached hydrogens (tertiary/aromatic N) is 1. The molecule has 4 heteroatoms. The van der Waals surface area contributed by atoms with Crippen molar-refractivity contribution < 1.29 is 4.79 Å². The van der Waals surface area contributed by atoms with Gasteiger partial charge in [0.2, 0.25) is 5.91 Å². The number of aromatic amines is 1. The average Bonchev–Trinajstić information content (AvgIpc) is 2.55. The first-order chi connectivity index (χ1) is 5.36. The number of aromatic nitrogens is 2. The normalized spacial score (nSPS) is 23.6. The van der Waals surface area contributed by atoms with Gasteiger partial charge in [0.1, 0.15) is 0 Å². The molecule has 0 aliphatic carbocycles. The second-order valence-electron chi connectivity index (χ2n) is 2.72. The van der Waals surface area contributed by atoms with Crippen LogP contribution in [-0.2, 0) is 4.79 Å². The fraction of sp³-hybridized carbons (Fsp3) is 0.429. The fourth-order valence-corrected chi connectivity index (χ4v) is 1.32. The van der Waals surface area contributed by atoms with E-state index < -0.39 is 0 Å². The second kappa shape index (κ2) is 2.38. The van der Waals surface area contributed by atoms with Crippen LogP contribution < -0.4 is 5.32 Å². The Hall–Kier alpha value is -1.32. The van der Waals surface area contributed by atoms with Crippen molar-refractivity contribution in [3.8, 4) is 0 Å². The summed E-state index contributed by atoms with van der Waals surface area (Å²) in [6.07, 6.45) is 2.29. The average molecular weight is 151 g/mol. The number of rotatable bonds is 1. The van der Waals surface area contributed by atoms with Gasteiger partial charge in [-0.1, -0.05) is 0 Å². The van der Waals surface area contributed by atoms with Gasteiger partial charge in [0, 0.05) is 30.8 Å². The minimum atomic E-state index is 0.129. The van der Waals surface area contributed by atoms with Gasteiger partial charge in [0.05, 0.1) is 0 Å². The molecule has 2 N–H and O–H groups in total. The number of H-pyrrole nitrogens is 1. The zero-order chi connectivity index (χ0) is 7.68. The molecular weight excluding hydrogens is 142 g/mol. The van der Waals surface area contributed by atoms with E-state index in [2.05, 4.69) is 15.5 Å². The van der Waals surface area contributed by atoms with Crippen LogP contribution in [0.1, 0.15) is 18.0 Å². The molecule has 4 nitrogen and oxygen atoms in total. The summed E-state index contributed by atoms with van der Waals surface area (Å²) in [6, 6.07) is 1.91. The van der Waals surface area contributed by atoms with Crippen LogP contribution in [0.2, 0.25) is 0 Å².